The molecule has 0 heterocycles. The molecule has 0 aromatic heterocycles. The molecule has 3 aromatic carbocycles. The van der Waals surface area contributed by atoms with E-state index in [1.54, 1.807) is 60.7 Å². The molecule has 0 aliphatic carbocycles. The lowest BCUT2D eigenvalue weighted by Gasteiger charge is -2.08. The minimum Gasteiger partial charge on any atom is -0.482 e. The zero-order chi connectivity index (χ0) is 19.1. The first kappa shape index (κ1) is 18.7. The Bertz CT molecular complexity index is 903. The average molecular weight is 381 g/mol. The molecule has 0 saturated heterocycles. The predicted octanol–water partition coefficient (Wildman–Crippen LogP) is 4.69. The van der Waals surface area contributed by atoms with Gasteiger partial charge < -0.3 is 9.47 Å². The van der Waals surface area contributed by atoms with Gasteiger partial charge in [0.25, 0.3) is 0 Å². The molecule has 0 atom stereocenters. The average Bonchev–Trinajstić information content (AvgIpc) is 2.72. The fourth-order valence-electron chi connectivity index (χ4n) is 2.39. The molecular weight excluding hydrogens is 364 g/mol. The van der Waals surface area contributed by atoms with Crippen LogP contribution in [-0.4, -0.2) is 18.4 Å². The molecule has 0 fully saturated rings. The topological polar surface area (TPSA) is 52.6 Å². The van der Waals surface area contributed by atoms with Crippen LogP contribution in [0.4, 0.5) is 0 Å². The first-order valence-corrected chi connectivity index (χ1v) is 8.72. The maximum atomic E-state index is 12.3. The van der Waals surface area contributed by atoms with E-state index < -0.39 is 5.97 Å². The molecule has 0 aliphatic heterocycles. The Kier molecular flexibility index (Phi) is 6.23. The van der Waals surface area contributed by atoms with Crippen LogP contribution in [0.15, 0.2) is 78.9 Å². The van der Waals surface area contributed by atoms with E-state index in [4.69, 9.17) is 21.1 Å². The molecule has 0 unspecified atom stereocenters. The molecule has 0 N–H and O–H groups in total. The Morgan fingerprint density at radius 1 is 0.778 bits per heavy atom. The van der Waals surface area contributed by atoms with Crippen LogP contribution in [0.3, 0.4) is 0 Å². The number of carbonyl (C=O) groups excluding carboxylic acids is 2. The smallest absolute Gasteiger partial charge is 0.344 e. The second-order valence-electron chi connectivity index (χ2n) is 5.80. The van der Waals surface area contributed by atoms with Gasteiger partial charge in [0.2, 0.25) is 0 Å². The van der Waals surface area contributed by atoms with Crippen molar-refractivity contribution < 1.29 is 19.1 Å². The van der Waals surface area contributed by atoms with Crippen LogP contribution >= 0.6 is 11.6 Å². The molecule has 4 nitrogen and oxygen atoms in total. The molecule has 3 rings (SSSR count). The molecule has 27 heavy (non-hydrogen) atoms. The largest absolute Gasteiger partial charge is 0.482 e. The third kappa shape index (κ3) is 5.43. The lowest BCUT2D eigenvalue weighted by atomic mass is 10.0. The van der Waals surface area contributed by atoms with E-state index in [2.05, 4.69) is 0 Å². The van der Waals surface area contributed by atoms with Gasteiger partial charge in [0, 0.05) is 16.1 Å². The summed E-state index contributed by atoms with van der Waals surface area (Å²) in [6.45, 7) is -0.0521. The molecule has 3 aromatic rings. The van der Waals surface area contributed by atoms with Crippen LogP contribution in [0.25, 0.3) is 0 Å². The second kappa shape index (κ2) is 9.01. The summed E-state index contributed by atoms with van der Waals surface area (Å²) >= 11 is 5.81. The van der Waals surface area contributed by atoms with Crippen molar-refractivity contribution >= 4 is 23.4 Å². The summed E-state index contributed by atoms with van der Waals surface area (Å²) < 4.78 is 10.6. The van der Waals surface area contributed by atoms with E-state index in [0.717, 1.165) is 5.56 Å². The molecule has 0 radical (unpaired) electrons. The van der Waals surface area contributed by atoms with Crippen molar-refractivity contribution in [1.82, 2.24) is 0 Å². The lowest BCUT2D eigenvalue weighted by Crippen LogP contribution is -2.14. The fraction of sp³-hybridized carbons (Fsp3) is 0.0909. The summed E-state index contributed by atoms with van der Waals surface area (Å²) in [6, 6.07) is 22.7. The van der Waals surface area contributed by atoms with E-state index in [0.29, 0.717) is 21.9 Å². The quantitative estimate of drug-likeness (QED) is 0.440. The third-order valence-electron chi connectivity index (χ3n) is 3.82. The van der Waals surface area contributed by atoms with E-state index in [-0.39, 0.29) is 19.0 Å². The van der Waals surface area contributed by atoms with Crippen molar-refractivity contribution in [3.8, 4) is 5.75 Å². The van der Waals surface area contributed by atoms with E-state index >= 15 is 0 Å². The highest BCUT2D eigenvalue weighted by Crippen LogP contribution is 2.16. The lowest BCUT2D eigenvalue weighted by molar-refractivity contribution is -0.147. The molecule has 0 spiro atoms. The van der Waals surface area contributed by atoms with Crippen molar-refractivity contribution in [2.75, 3.05) is 6.61 Å². The Hall–Kier alpha value is -3.11. The minimum atomic E-state index is -0.477. The number of hydrogen-bond donors (Lipinski definition) is 0. The summed E-state index contributed by atoms with van der Waals surface area (Å²) in [5, 5.41) is 0.627. The highest BCUT2D eigenvalue weighted by atomic mass is 35.5. The van der Waals surface area contributed by atoms with Crippen LogP contribution < -0.4 is 4.74 Å². The Morgan fingerprint density at radius 3 is 2.07 bits per heavy atom. The number of halogens is 1. The molecule has 0 saturated carbocycles. The summed E-state index contributed by atoms with van der Waals surface area (Å²) in [7, 11) is 0. The third-order valence-corrected chi connectivity index (χ3v) is 4.07. The summed E-state index contributed by atoms with van der Waals surface area (Å²) in [6.07, 6.45) is 0. The standard InChI is InChI=1S/C22H17ClO4/c23-19-10-6-16(7-11-19)14-27-21(24)15-26-20-12-8-18(9-13-20)22(25)17-4-2-1-3-5-17/h1-13H,14-15H2. The highest BCUT2D eigenvalue weighted by molar-refractivity contribution is 6.30. The highest BCUT2D eigenvalue weighted by Gasteiger charge is 2.09. The van der Waals surface area contributed by atoms with Crippen molar-refractivity contribution in [2.24, 2.45) is 0 Å². The molecule has 5 heteroatoms. The summed E-state index contributed by atoms with van der Waals surface area (Å²) in [5.74, 6) is -0.0537. The normalized spacial score (nSPS) is 10.3. The Balaban J connectivity index is 1.49. The van der Waals surface area contributed by atoms with E-state index in [9.17, 15) is 9.59 Å². The molecule has 0 amide bonds. The zero-order valence-electron chi connectivity index (χ0n) is 14.4. The molecule has 136 valence electrons. The molecule has 0 bridgehead atoms. The van der Waals surface area contributed by atoms with Gasteiger partial charge >= 0.3 is 5.97 Å². The van der Waals surface area contributed by atoms with Gasteiger partial charge in [-0.1, -0.05) is 54.1 Å². The second-order valence-corrected chi connectivity index (χ2v) is 6.23. The van der Waals surface area contributed by atoms with E-state index in [1.165, 1.54) is 0 Å². The van der Waals surface area contributed by atoms with Crippen LogP contribution in [0, 0.1) is 0 Å². The van der Waals surface area contributed by atoms with Crippen molar-refractivity contribution in [3.05, 3.63) is 101 Å². The van der Waals surface area contributed by atoms with Gasteiger partial charge in [-0.15, -0.1) is 0 Å². The molecular formula is C22H17ClO4. The number of carbonyl (C=O) groups is 2. The predicted molar refractivity (Wildman–Crippen MR) is 103 cm³/mol. The fourth-order valence-corrected chi connectivity index (χ4v) is 2.51. The van der Waals surface area contributed by atoms with Gasteiger partial charge in [-0.2, -0.15) is 0 Å². The van der Waals surface area contributed by atoms with Gasteiger partial charge in [0.1, 0.15) is 12.4 Å². The number of hydrogen-bond acceptors (Lipinski definition) is 4. The maximum absolute atomic E-state index is 12.3. The monoisotopic (exact) mass is 380 g/mol. The SMILES string of the molecule is O=C(COc1ccc(C(=O)c2ccccc2)cc1)OCc1ccc(Cl)cc1. The summed E-state index contributed by atoms with van der Waals surface area (Å²) in [4.78, 5) is 24.1. The number of benzene rings is 3. The van der Waals surface area contributed by atoms with Gasteiger partial charge in [0.05, 0.1) is 0 Å². The summed E-state index contributed by atoms with van der Waals surface area (Å²) in [5.41, 5.74) is 2.02. The number of ether oxygens (including phenoxy) is 2. The van der Waals surface area contributed by atoms with Crippen molar-refractivity contribution in [1.29, 1.82) is 0 Å². The van der Waals surface area contributed by atoms with Gasteiger partial charge in [-0.3, -0.25) is 4.79 Å². The van der Waals surface area contributed by atoms with Crippen LogP contribution in [0.2, 0.25) is 5.02 Å². The van der Waals surface area contributed by atoms with Crippen LogP contribution in [0.1, 0.15) is 21.5 Å². The first-order chi connectivity index (χ1) is 13.1. The maximum Gasteiger partial charge on any atom is 0.344 e. The Labute approximate surface area is 162 Å². The van der Waals surface area contributed by atoms with Crippen molar-refractivity contribution in [2.45, 2.75) is 6.61 Å². The van der Waals surface area contributed by atoms with Crippen molar-refractivity contribution in [3.63, 3.8) is 0 Å². The van der Waals surface area contributed by atoms with Crippen LogP contribution in [0.5, 0.6) is 5.75 Å². The van der Waals surface area contributed by atoms with Gasteiger partial charge in [-0.05, 0) is 42.0 Å². The number of esters is 1. The minimum absolute atomic E-state index is 0.0653. The van der Waals surface area contributed by atoms with Crippen LogP contribution in [-0.2, 0) is 16.1 Å². The Morgan fingerprint density at radius 2 is 1.41 bits per heavy atom. The first-order valence-electron chi connectivity index (χ1n) is 8.34. The van der Waals surface area contributed by atoms with Gasteiger partial charge in [0.15, 0.2) is 12.4 Å². The van der Waals surface area contributed by atoms with Gasteiger partial charge in [-0.25, -0.2) is 4.79 Å². The number of rotatable bonds is 7. The molecule has 0 aliphatic rings. The number of ketones is 1. The van der Waals surface area contributed by atoms with E-state index in [1.807, 2.05) is 18.2 Å². The zero-order valence-corrected chi connectivity index (χ0v) is 15.2.